The van der Waals surface area contributed by atoms with E-state index in [1.807, 2.05) is 0 Å². The van der Waals surface area contributed by atoms with Crippen molar-refractivity contribution in [2.24, 2.45) is 5.14 Å². The molecule has 1 amide bonds. The van der Waals surface area contributed by atoms with Crippen LogP contribution in [0.3, 0.4) is 0 Å². The van der Waals surface area contributed by atoms with Crippen molar-refractivity contribution in [3.8, 4) is 5.69 Å². The van der Waals surface area contributed by atoms with E-state index in [2.05, 4.69) is 10.4 Å². The number of nitrogens with two attached hydrogens (primary N) is 1. The van der Waals surface area contributed by atoms with Crippen LogP contribution < -0.4 is 10.5 Å². The Kier molecular flexibility index (Phi) is 5.44. The Bertz CT molecular complexity index is 1170. The average molecular weight is 424 g/mol. The molecule has 1 heterocycles. The number of carbonyl (C=O) groups excluding carboxylic acids is 1. The maximum Gasteiger partial charge on any atom is 0.240 e. The van der Waals surface area contributed by atoms with Gasteiger partial charge in [0.1, 0.15) is 16.5 Å². The first-order valence-corrected chi connectivity index (χ1v) is 9.74. The number of halogens is 3. The van der Waals surface area contributed by atoms with E-state index in [-0.39, 0.29) is 11.4 Å². The van der Waals surface area contributed by atoms with Crippen molar-refractivity contribution in [2.45, 2.75) is 17.7 Å². The van der Waals surface area contributed by atoms with Gasteiger partial charge in [0, 0.05) is 11.3 Å². The van der Waals surface area contributed by atoms with E-state index in [4.69, 9.17) is 5.14 Å². The van der Waals surface area contributed by atoms with E-state index in [0.29, 0.717) is 0 Å². The summed E-state index contributed by atoms with van der Waals surface area (Å²) >= 11 is 0. The molecule has 0 aliphatic heterocycles. The Labute approximate surface area is 164 Å². The number of primary sulfonamides is 1. The van der Waals surface area contributed by atoms with Gasteiger partial charge in [-0.2, -0.15) is 5.10 Å². The van der Waals surface area contributed by atoms with Crippen LogP contribution in [0.2, 0.25) is 0 Å². The van der Waals surface area contributed by atoms with Crippen molar-refractivity contribution in [1.82, 2.24) is 9.78 Å². The van der Waals surface area contributed by atoms with Gasteiger partial charge in [-0.3, -0.25) is 4.79 Å². The smallest absolute Gasteiger partial charge is 0.240 e. The predicted octanol–water partition coefficient (Wildman–Crippen LogP) is 2.68. The molecule has 3 rings (SSSR count). The van der Waals surface area contributed by atoms with Crippen molar-refractivity contribution in [1.29, 1.82) is 0 Å². The second-order valence-corrected chi connectivity index (χ2v) is 7.71. The van der Waals surface area contributed by atoms with Crippen molar-refractivity contribution in [3.63, 3.8) is 0 Å². The standard InChI is InChI=1S/C18H15F3N4O3S/c1-10(17-13(20)3-2-4-14(17)21)18(26)24-12-5-6-15(16(7-12)29(22,27)28)25-9-11(19)8-23-25/h2-10H,1H3,(H,24,26)(H2,22,27,28). The third kappa shape index (κ3) is 4.30. The summed E-state index contributed by atoms with van der Waals surface area (Å²) < 4.78 is 65.9. The number of nitrogens with one attached hydrogen (secondary N) is 1. The molecule has 0 aliphatic rings. The number of anilines is 1. The van der Waals surface area contributed by atoms with E-state index in [1.165, 1.54) is 25.1 Å². The molecule has 1 aromatic heterocycles. The Hall–Kier alpha value is -3.18. The molecular formula is C18H15F3N4O3S. The summed E-state index contributed by atoms with van der Waals surface area (Å²) in [4.78, 5) is 12.0. The molecule has 152 valence electrons. The van der Waals surface area contributed by atoms with Gasteiger partial charge in [0.05, 0.1) is 24.0 Å². The van der Waals surface area contributed by atoms with Crippen molar-refractivity contribution in [2.75, 3.05) is 5.32 Å². The van der Waals surface area contributed by atoms with Crippen LogP contribution in [-0.2, 0) is 14.8 Å². The number of nitrogens with zero attached hydrogens (tertiary/aromatic N) is 2. The Morgan fingerprint density at radius 2 is 1.83 bits per heavy atom. The molecule has 7 nitrogen and oxygen atoms in total. The van der Waals surface area contributed by atoms with Gasteiger partial charge >= 0.3 is 0 Å². The number of rotatable bonds is 5. The van der Waals surface area contributed by atoms with E-state index < -0.39 is 49.8 Å². The molecular weight excluding hydrogens is 409 g/mol. The topological polar surface area (TPSA) is 107 Å². The molecule has 0 saturated heterocycles. The first kappa shape index (κ1) is 20.6. The lowest BCUT2D eigenvalue weighted by molar-refractivity contribution is -0.117. The Morgan fingerprint density at radius 3 is 2.38 bits per heavy atom. The zero-order valence-corrected chi connectivity index (χ0v) is 15.8. The van der Waals surface area contributed by atoms with Crippen LogP contribution in [0.5, 0.6) is 0 Å². The number of hydrogen-bond donors (Lipinski definition) is 2. The molecule has 1 unspecified atom stereocenters. The quantitative estimate of drug-likeness (QED) is 0.657. The second-order valence-electron chi connectivity index (χ2n) is 6.18. The van der Waals surface area contributed by atoms with Crippen molar-refractivity contribution < 1.29 is 26.4 Å². The van der Waals surface area contributed by atoms with Gasteiger partial charge < -0.3 is 5.32 Å². The predicted molar refractivity (Wildman–Crippen MR) is 98.3 cm³/mol. The molecule has 0 fully saturated rings. The normalized spacial score (nSPS) is 12.6. The number of amides is 1. The lowest BCUT2D eigenvalue weighted by Crippen LogP contribution is -2.22. The number of hydrogen-bond acceptors (Lipinski definition) is 4. The molecule has 0 saturated carbocycles. The first-order chi connectivity index (χ1) is 13.6. The third-order valence-corrected chi connectivity index (χ3v) is 5.10. The molecule has 0 bridgehead atoms. The second kappa shape index (κ2) is 7.68. The molecule has 3 aromatic rings. The highest BCUT2D eigenvalue weighted by atomic mass is 32.2. The van der Waals surface area contributed by atoms with Gasteiger partial charge in [0.15, 0.2) is 5.82 Å². The van der Waals surface area contributed by atoms with Crippen LogP contribution >= 0.6 is 0 Å². The summed E-state index contributed by atoms with van der Waals surface area (Å²) in [7, 11) is -4.27. The van der Waals surface area contributed by atoms with Gasteiger partial charge in [-0.1, -0.05) is 6.07 Å². The summed E-state index contributed by atoms with van der Waals surface area (Å²) in [5.74, 6) is -4.42. The minimum Gasteiger partial charge on any atom is -0.326 e. The summed E-state index contributed by atoms with van der Waals surface area (Å²) in [6, 6.07) is 6.86. The third-order valence-electron chi connectivity index (χ3n) is 4.16. The van der Waals surface area contributed by atoms with E-state index >= 15 is 0 Å². The highest BCUT2D eigenvalue weighted by Crippen LogP contribution is 2.26. The van der Waals surface area contributed by atoms with Crippen LogP contribution in [0, 0.1) is 17.5 Å². The first-order valence-electron chi connectivity index (χ1n) is 8.20. The molecule has 0 spiro atoms. The summed E-state index contributed by atoms with van der Waals surface area (Å²) in [6.45, 7) is 1.30. The molecule has 2 aromatic carbocycles. The SMILES string of the molecule is CC(C(=O)Nc1ccc(-n2cc(F)cn2)c(S(N)(=O)=O)c1)c1c(F)cccc1F. The molecule has 1 atom stereocenters. The Morgan fingerprint density at radius 1 is 1.17 bits per heavy atom. The highest BCUT2D eigenvalue weighted by Gasteiger charge is 2.24. The number of benzene rings is 2. The fourth-order valence-corrected chi connectivity index (χ4v) is 3.49. The molecule has 11 heteroatoms. The van der Waals surface area contributed by atoms with Crippen LogP contribution in [0.25, 0.3) is 5.69 Å². The maximum atomic E-state index is 13.9. The van der Waals surface area contributed by atoms with Crippen LogP contribution in [0.15, 0.2) is 53.7 Å². The lowest BCUT2D eigenvalue weighted by Gasteiger charge is -2.15. The monoisotopic (exact) mass is 424 g/mol. The fraction of sp³-hybridized carbons (Fsp3) is 0.111. The summed E-state index contributed by atoms with van der Waals surface area (Å²) in [5.41, 5.74) is -0.443. The van der Waals surface area contributed by atoms with E-state index in [1.54, 1.807) is 0 Å². The van der Waals surface area contributed by atoms with Crippen LogP contribution in [0.1, 0.15) is 18.4 Å². The number of carbonyl (C=O) groups is 1. The summed E-state index contributed by atoms with van der Waals surface area (Å²) in [6.07, 6.45) is 1.83. The number of aromatic nitrogens is 2. The molecule has 3 N–H and O–H groups in total. The summed E-state index contributed by atoms with van der Waals surface area (Å²) in [5, 5.41) is 11.3. The van der Waals surface area contributed by atoms with Crippen LogP contribution in [-0.4, -0.2) is 24.1 Å². The zero-order chi connectivity index (χ0) is 21.3. The molecule has 0 aliphatic carbocycles. The highest BCUT2D eigenvalue weighted by molar-refractivity contribution is 7.89. The van der Waals surface area contributed by atoms with Gasteiger partial charge in [-0.25, -0.2) is 31.4 Å². The minimum atomic E-state index is -4.27. The zero-order valence-electron chi connectivity index (χ0n) is 14.9. The van der Waals surface area contributed by atoms with E-state index in [9.17, 15) is 26.4 Å². The van der Waals surface area contributed by atoms with Crippen molar-refractivity contribution >= 4 is 21.6 Å². The van der Waals surface area contributed by atoms with Crippen LogP contribution in [0.4, 0.5) is 18.9 Å². The number of sulfonamides is 1. The minimum absolute atomic E-state index is 0.0130. The van der Waals surface area contributed by atoms with Crippen molar-refractivity contribution in [3.05, 3.63) is 71.8 Å². The Balaban J connectivity index is 1.95. The van der Waals surface area contributed by atoms with Gasteiger partial charge in [0.2, 0.25) is 15.9 Å². The van der Waals surface area contributed by atoms with Gasteiger partial charge in [-0.05, 0) is 37.3 Å². The van der Waals surface area contributed by atoms with Gasteiger partial charge in [0.25, 0.3) is 0 Å². The van der Waals surface area contributed by atoms with Gasteiger partial charge in [-0.15, -0.1) is 0 Å². The lowest BCUT2D eigenvalue weighted by atomic mass is 9.99. The average Bonchev–Trinajstić information content (AvgIpc) is 3.07. The molecule has 0 radical (unpaired) electrons. The molecule has 29 heavy (non-hydrogen) atoms. The maximum absolute atomic E-state index is 13.9. The van der Waals surface area contributed by atoms with E-state index in [0.717, 1.165) is 35.3 Å². The fourth-order valence-electron chi connectivity index (χ4n) is 2.75. The largest absolute Gasteiger partial charge is 0.326 e.